The minimum Gasteiger partial charge on any atom is -0.365 e. The monoisotopic (exact) mass is 261 g/mol. The van der Waals surface area contributed by atoms with Crippen LogP contribution >= 0.6 is 0 Å². The molecule has 1 aromatic heterocycles. The topological polar surface area (TPSA) is 59.3 Å². The number of benzene rings is 1. The summed E-state index contributed by atoms with van der Waals surface area (Å²) in [5.74, 6) is -0.501. The van der Waals surface area contributed by atoms with Gasteiger partial charge in [0.2, 0.25) is 0 Å². The van der Waals surface area contributed by atoms with E-state index < -0.39 is 10.7 Å². The van der Waals surface area contributed by atoms with E-state index in [1.165, 1.54) is 6.07 Å². The molecule has 19 heavy (non-hydrogen) atoms. The number of pyridine rings is 1. The van der Waals surface area contributed by atoms with Crippen LogP contribution in [0, 0.1) is 15.9 Å². The molecular formula is C13H12FN3O2. The average molecular weight is 261 g/mol. The molecule has 98 valence electrons. The number of nitro groups is 1. The SMILES string of the molecule is CN(Cc1cccnc1)c1cc(F)ccc1[N+](=O)[O-]. The van der Waals surface area contributed by atoms with Gasteiger partial charge in [-0.25, -0.2) is 4.39 Å². The number of hydrogen-bond acceptors (Lipinski definition) is 4. The van der Waals surface area contributed by atoms with Crippen molar-refractivity contribution in [3.63, 3.8) is 0 Å². The maximum atomic E-state index is 13.2. The van der Waals surface area contributed by atoms with Crippen molar-refractivity contribution in [1.82, 2.24) is 4.98 Å². The zero-order valence-corrected chi connectivity index (χ0v) is 10.3. The lowest BCUT2D eigenvalue weighted by molar-refractivity contribution is -0.384. The summed E-state index contributed by atoms with van der Waals surface area (Å²) in [6.45, 7) is 0.415. The third kappa shape index (κ3) is 3.04. The van der Waals surface area contributed by atoms with Crippen LogP contribution < -0.4 is 4.90 Å². The molecule has 1 aromatic carbocycles. The Morgan fingerprint density at radius 2 is 2.21 bits per heavy atom. The highest BCUT2D eigenvalue weighted by Gasteiger charge is 2.18. The lowest BCUT2D eigenvalue weighted by atomic mass is 10.2. The lowest BCUT2D eigenvalue weighted by Crippen LogP contribution is -2.18. The van der Waals surface area contributed by atoms with Crippen LogP contribution in [0.1, 0.15) is 5.56 Å². The first-order valence-corrected chi connectivity index (χ1v) is 5.62. The summed E-state index contributed by atoms with van der Waals surface area (Å²) < 4.78 is 13.2. The van der Waals surface area contributed by atoms with Gasteiger partial charge in [0.1, 0.15) is 11.5 Å². The Hall–Kier alpha value is -2.50. The smallest absolute Gasteiger partial charge is 0.292 e. The van der Waals surface area contributed by atoms with Gasteiger partial charge in [0.25, 0.3) is 5.69 Å². The summed E-state index contributed by atoms with van der Waals surface area (Å²) in [5, 5.41) is 10.9. The van der Waals surface area contributed by atoms with Crippen LogP contribution in [0.4, 0.5) is 15.8 Å². The van der Waals surface area contributed by atoms with E-state index in [1.807, 2.05) is 6.07 Å². The molecule has 0 aliphatic carbocycles. The molecule has 0 spiro atoms. The molecule has 1 heterocycles. The summed E-state index contributed by atoms with van der Waals surface area (Å²) in [6, 6.07) is 7.05. The Labute approximate surface area is 109 Å². The molecule has 0 N–H and O–H groups in total. The molecule has 0 bridgehead atoms. The van der Waals surface area contributed by atoms with Crippen molar-refractivity contribution in [2.75, 3.05) is 11.9 Å². The highest BCUT2D eigenvalue weighted by molar-refractivity contribution is 5.63. The van der Waals surface area contributed by atoms with Crippen LogP contribution in [0.2, 0.25) is 0 Å². The quantitative estimate of drug-likeness (QED) is 0.627. The predicted molar refractivity (Wildman–Crippen MR) is 69.4 cm³/mol. The van der Waals surface area contributed by atoms with Gasteiger partial charge in [-0.1, -0.05) is 6.07 Å². The van der Waals surface area contributed by atoms with Crippen molar-refractivity contribution in [3.05, 3.63) is 64.2 Å². The van der Waals surface area contributed by atoms with E-state index in [-0.39, 0.29) is 11.4 Å². The first-order chi connectivity index (χ1) is 9.08. The van der Waals surface area contributed by atoms with Gasteiger partial charge < -0.3 is 4.90 Å². The molecule has 6 heteroatoms. The molecule has 2 aromatic rings. The molecular weight excluding hydrogens is 249 g/mol. The Kier molecular flexibility index (Phi) is 3.70. The fourth-order valence-electron chi connectivity index (χ4n) is 1.81. The molecule has 0 saturated heterocycles. The fourth-order valence-corrected chi connectivity index (χ4v) is 1.81. The van der Waals surface area contributed by atoms with Crippen LogP contribution in [0.3, 0.4) is 0 Å². The zero-order valence-electron chi connectivity index (χ0n) is 10.3. The minimum atomic E-state index is -0.519. The van der Waals surface area contributed by atoms with Crippen LogP contribution in [0.25, 0.3) is 0 Å². The van der Waals surface area contributed by atoms with Crippen molar-refractivity contribution < 1.29 is 9.31 Å². The highest BCUT2D eigenvalue weighted by atomic mass is 19.1. The van der Waals surface area contributed by atoms with E-state index in [0.717, 1.165) is 17.7 Å². The first-order valence-electron chi connectivity index (χ1n) is 5.62. The number of nitrogens with zero attached hydrogens (tertiary/aromatic N) is 3. The summed E-state index contributed by atoms with van der Waals surface area (Å²) in [7, 11) is 1.68. The molecule has 0 amide bonds. The number of halogens is 1. The minimum absolute atomic E-state index is 0.118. The van der Waals surface area contributed by atoms with Crippen molar-refractivity contribution in [2.45, 2.75) is 6.54 Å². The maximum Gasteiger partial charge on any atom is 0.292 e. The Morgan fingerprint density at radius 3 is 2.84 bits per heavy atom. The number of hydrogen-bond donors (Lipinski definition) is 0. The van der Waals surface area contributed by atoms with Crippen molar-refractivity contribution in [3.8, 4) is 0 Å². The standard InChI is InChI=1S/C13H12FN3O2/c1-16(9-10-3-2-6-15-8-10)13-7-11(14)4-5-12(13)17(18)19/h2-8H,9H2,1H3. The van der Waals surface area contributed by atoms with E-state index in [2.05, 4.69) is 4.98 Å². The molecule has 0 aliphatic rings. The molecule has 0 unspecified atom stereocenters. The molecule has 0 aliphatic heterocycles. The summed E-state index contributed by atoms with van der Waals surface area (Å²) in [5.41, 5.74) is 1.02. The van der Waals surface area contributed by atoms with Crippen molar-refractivity contribution >= 4 is 11.4 Å². The van der Waals surface area contributed by atoms with E-state index in [0.29, 0.717) is 6.54 Å². The summed E-state index contributed by atoms with van der Waals surface area (Å²) in [4.78, 5) is 16.0. The van der Waals surface area contributed by atoms with E-state index in [9.17, 15) is 14.5 Å². The van der Waals surface area contributed by atoms with Crippen LogP contribution in [-0.2, 0) is 6.54 Å². The first kappa shape index (κ1) is 12.9. The van der Waals surface area contributed by atoms with Gasteiger partial charge in [-0.3, -0.25) is 15.1 Å². The molecule has 2 rings (SSSR count). The zero-order chi connectivity index (χ0) is 13.8. The summed E-state index contributed by atoms with van der Waals surface area (Å²) in [6.07, 6.45) is 3.32. The van der Waals surface area contributed by atoms with Gasteiger partial charge in [0.05, 0.1) is 4.92 Å². The second kappa shape index (κ2) is 5.43. The van der Waals surface area contributed by atoms with Gasteiger partial charge in [0.15, 0.2) is 0 Å². The highest BCUT2D eigenvalue weighted by Crippen LogP contribution is 2.28. The van der Waals surface area contributed by atoms with Crippen LogP contribution in [0.5, 0.6) is 0 Å². The summed E-state index contributed by atoms with van der Waals surface area (Å²) >= 11 is 0. The second-order valence-corrected chi connectivity index (χ2v) is 4.11. The average Bonchev–Trinajstić information content (AvgIpc) is 2.39. The molecule has 0 fully saturated rings. The second-order valence-electron chi connectivity index (χ2n) is 4.11. The number of aromatic nitrogens is 1. The van der Waals surface area contributed by atoms with E-state index in [4.69, 9.17) is 0 Å². The third-order valence-corrected chi connectivity index (χ3v) is 2.69. The van der Waals surface area contributed by atoms with Crippen LogP contribution in [0.15, 0.2) is 42.7 Å². The van der Waals surface area contributed by atoms with Gasteiger partial charge in [-0.2, -0.15) is 0 Å². The van der Waals surface area contributed by atoms with Gasteiger partial charge in [-0.05, 0) is 17.7 Å². The van der Waals surface area contributed by atoms with Gasteiger partial charge >= 0.3 is 0 Å². The van der Waals surface area contributed by atoms with Crippen molar-refractivity contribution in [2.24, 2.45) is 0 Å². The molecule has 0 atom stereocenters. The van der Waals surface area contributed by atoms with Crippen molar-refractivity contribution in [1.29, 1.82) is 0 Å². The van der Waals surface area contributed by atoms with Gasteiger partial charge in [0, 0.05) is 38.1 Å². The Morgan fingerprint density at radius 1 is 1.42 bits per heavy atom. The molecule has 0 radical (unpaired) electrons. The maximum absolute atomic E-state index is 13.2. The fraction of sp³-hybridized carbons (Fsp3) is 0.154. The Balaban J connectivity index is 2.30. The molecule has 0 saturated carbocycles. The Bertz CT molecular complexity index is 590. The van der Waals surface area contributed by atoms with Crippen LogP contribution in [-0.4, -0.2) is 17.0 Å². The van der Waals surface area contributed by atoms with E-state index >= 15 is 0 Å². The third-order valence-electron chi connectivity index (χ3n) is 2.69. The van der Waals surface area contributed by atoms with E-state index in [1.54, 1.807) is 30.4 Å². The predicted octanol–water partition coefficient (Wildman–Crippen LogP) is 2.77. The molecule has 5 nitrogen and oxygen atoms in total. The number of nitro benzene ring substituents is 1. The number of anilines is 1. The lowest BCUT2D eigenvalue weighted by Gasteiger charge is -2.19. The number of rotatable bonds is 4. The largest absolute Gasteiger partial charge is 0.365 e. The normalized spacial score (nSPS) is 10.2. The van der Waals surface area contributed by atoms with Gasteiger partial charge in [-0.15, -0.1) is 0 Å².